The van der Waals surface area contributed by atoms with Crippen molar-refractivity contribution in [2.24, 2.45) is 5.92 Å². The Labute approximate surface area is 113 Å². The van der Waals surface area contributed by atoms with Gasteiger partial charge in [-0.2, -0.15) is 5.10 Å². The Morgan fingerprint density at radius 1 is 1.50 bits per heavy atom. The molecule has 1 saturated heterocycles. The summed E-state index contributed by atoms with van der Waals surface area (Å²) in [7, 11) is 0. The van der Waals surface area contributed by atoms with E-state index in [1.165, 1.54) is 0 Å². The Balaban J connectivity index is 2.19. The number of aliphatic hydroxyl groups excluding tert-OH is 1. The number of nitrogens with zero attached hydrogens (tertiary/aromatic N) is 2. The molecule has 1 fully saturated rings. The van der Waals surface area contributed by atoms with Crippen LogP contribution >= 0.6 is 11.6 Å². The van der Waals surface area contributed by atoms with Gasteiger partial charge in [0.05, 0.1) is 22.5 Å². The van der Waals surface area contributed by atoms with Gasteiger partial charge in [-0.05, 0) is 32.7 Å². The largest absolute Gasteiger partial charge is 0.393 e. The predicted molar refractivity (Wildman–Crippen MR) is 73.0 cm³/mol. The number of aliphatic hydroxyl groups is 1. The van der Waals surface area contributed by atoms with E-state index in [2.05, 4.69) is 24.3 Å². The number of nitrogens with one attached hydrogen (secondary N) is 1. The summed E-state index contributed by atoms with van der Waals surface area (Å²) in [5, 5.41) is 18.7. The van der Waals surface area contributed by atoms with E-state index in [-0.39, 0.29) is 12.0 Å². The van der Waals surface area contributed by atoms with Crippen LogP contribution in [0.3, 0.4) is 0 Å². The summed E-state index contributed by atoms with van der Waals surface area (Å²) >= 11 is 6.39. The third-order valence-electron chi connectivity index (χ3n) is 3.72. The highest BCUT2D eigenvalue weighted by molar-refractivity contribution is 6.31. The molecule has 1 aliphatic rings. The normalized spacial score (nSPS) is 24.4. The first-order valence-electron chi connectivity index (χ1n) is 6.80. The third kappa shape index (κ3) is 2.71. The van der Waals surface area contributed by atoms with Crippen LogP contribution in [0.2, 0.25) is 5.02 Å². The van der Waals surface area contributed by atoms with E-state index in [1.54, 1.807) is 0 Å². The molecule has 0 saturated carbocycles. The van der Waals surface area contributed by atoms with Crippen molar-refractivity contribution in [1.82, 2.24) is 15.1 Å². The molecule has 0 bridgehead atoms. The Morgan fingerprint density at radius 3 is 2.89 bits per heavy atom. The van der Waals surface area contributed by atoms with Gasteiger partial charge >= 0.3 is 0 Å². The highest BCUT2D eigenvalue weighted by Gasteiger charge is 2.26. The maximum Gasteiger partial charge on any atom is 0.0849 e. The molecule has 102 valence electrons. The summed E-state index contributed by atoms with van der Waals surface area (Å²) in [6, 6.07) is 0. The van der Waals surface area contributed by atoms with Gasteiger partial charge in [0.25, 0.3) is 0 Å². The van der Waals surface area contributed by atoms with Crippen molar-refractivity contribution >= 4 is 11.6 Å². The van der Waals surface area contributed by atoms with Crippen LogP contribution in [0.1, 0.15) is 31.7 Å². The zero-order valence-corrected chi connectivity index (χ0v) is 11.9. The summed E-state index contributed by atoms with van der Waals surface area (Å²) < 4.78 is 1.97. The summed E-state index contributed by atoms with van der Waals surface area (Å²) in [4.78, 5) is 0. The second kappa shape index (κ2) is 6.04. The second-order valence-corrected chi connectivity index (χ2v) is 5.28. The van der Waals surface area contributed by atoms with Gasteiger partial charge in [-0.1, -0.05) is 18.5 Å². The smallest absolute Gasteiger partial charge is 0.0849 e. The average molecular weight is 272 g/mol. The molecule has 0 radical (unpaired) electrons. The van der Waals surface area contributed by atoms with Crippen LogP contribution in [0.4, 0.5) is 0 Å². The number of hydrogen-bond donors (Lipinski definition) is 2. The zero-order valence-electron chi connectivity index (χ0n) is 11.1. The summed E-state index contributed by atoms with van der Waals surface area (Å²) in [5.41, 5.74) is 2.04. The highest BCUT2D eigenvalue weighted by atomic mass is 35.5. The number of halogens is 1. The van der Waals surface area contributed by atoms with Gasteiger partial charge in [-0.25, -0.2) is 0 Å². The molecule has 4 nitrogen and oxygen atoms in total. The fourth-order valence-corrected chi connectivity index (χ4v) is 2.92. The van der Waals surface area contributed by atoms with Crippen molar-refractivity contribution in [3.8, 4) is 0 Å². The van der Waals surface area contributed by atoms with E-state index in [0.717, 1.165) is 55.3 Å². The average Bonchev–Trinajstić information content (AvgIpc) is 2.69. The van der Waals surface area contributed by atoms with Gasteiger partial charge < -0.3 is 10.4 Å². The van der Waals surface area contributed by atoms with Gasteiger partial charge in [-0.3, -0.25) is 4.68 Å². The summed E-state index contributed by atoms with van der Waals surface area (Å²) in [6.45, 7) is 6.72. The SMILES string of the molecule is CCc1nn(CC)c(CC2CNCCC2O)c1Cl. The van der Waals surface area contributed by atoms with Crippen molar-refractivity contribution in [2.45, 2.75) is 45.8 Å². The van der Waals surface area contributed by atoms with Crippen LogP contribution in [0.15, 0.2) is 0 Å². The van der Waals surface area contributed by atoms with Crippen LogP contribution in [0.25, 0.3) is 0 Å². The maximum atomic E-state index is 10.0. The van der Waals surface area contributed by atoms with E-state index in [1.807, 2.05) is 4.68 Å². The molecule has 2 atom stereocenters. The van der Waals surface area contributed by atoms with Crippen molar-refractivity contribution in [2.75, 3.05) is 13.1 Å². The molecule has 0 spiro atoms. The minimum atomic E-state index is -0.229. The lowest BCUT2D eigenvalue weighted by atomic mass is 9.91. The van der Waals surface area contributed by atoms with Crippen molar-refractivity contribution in [3.05, 3.63) is 16.4 Å². The molecule has 5 heteroatoms. The molecule has 1 aromatic heterocycles. The topological polar surface area (TPSA) is 50.1 Å². The highest BCUT2D eigenvalue weighted by Crippen LogP contribution is 2.26. The summed E-state index contributed by atoms with van der Waals surface area (Å²) in [6.07, 6.45) is 2.24. The van der Waals surface area contributed by atoms with Gasteiger partial charge in [0.2, 0.25) is 0 Å². The number of rotatable bonds is 4. The van der Waals surface area contributed by atoms with Crippen LogP contribution in [0.5, 0.6) is 0 Å². The molecule has 2 rings (SSSR count). The quantitative estimate of drug-likeness (QED) is 0.875. The number of aromatic nitrogens is 2. The van der Waals surface area contributed by atoms with Crippen LogP contribution in [-0.4, -0.2) is 34.1 Å². The molecule has 0 aliphatic carbocycles. The van der Waals surface area contributed by atoms with E-state index >= 15 is 0 Å². The standard InChI is InChI=1S/C13H22ClN3O/c1-3-10-13(14)11(17(4-2)16-10)7-9-8-15-6-5-12(9)18/h9,12,15,18H,3-8H2,1-2H3. The third-order valence-corrected chi connectivity index (χ3v) is 4.15. The van der Waals surface area contributed by atoms with Crippen LogP contribution in [0, 0.1) is 5.92 Å². The van der Waals surface area contributed by atoms with Crippen LogP contribution in [-0.2, 0) is 19.4 Å². The molecule has 0 amide bonds. The fourth-order valence-electron chi connectivity index (χ4n) is 2.58. The maximum absolute atomic E-state index is 10.0. The molecule has 2 N–H and O–H groups in total. The molecule has 1 aromatic rings. The first-order valence-corrected chi connectivity index (χ1v) is 7.18. The Kier molecular flexibility index (Phi) is 4.65. The lowest BCUT2D eigenvalue weighted by Gasteiger charge is -2.28. The number of aryl methyl sites for hydroxylation is 2. The minimum absolute atomic E-state index is 0.229. The summed E-state index contributed by atoms with van der Waals surface area (Å²) in [5.74, 6) is 0.239. The van der Waals surface area contributed by atoms with E-state index < -0.39 is 0 Å². The van der Waals surface area contributed by atoms with E-state index in [9.17, 15) is 5.11 Å². The minimum Gasteiger partial charge on any atom is -0.393 e. The van der Waals surface area contributed by atoms with Crippen LogP contribution < -0.4 is 5.32 Å². The Morgan fingerprint density at radius 2 is 2.28 bits per heavy atom. The molecule has 0 aromatic carbocycles. The first-order chi connectivity index (χ1) is 8.67. The Hall–Kier alpha value is -0.580. The molecule has 2 unspecified atom stereocenters. The second-order valence-electron chi connectivity index (χ2n) is 4.90. The van der Waals surface area contributed by atoms with Gasteiger partial charge in [0, 0.05) is 19.0 Å². The van der Waals surface area contributed by atoms with Crippen molar-refractivity contribution < 1.29 is 5.11 Å². The zero-order chi connectivity index (χ0) is 13.1. The van der Waals surface area contributed by atoms with Gasteiger partial charge in [0.1, 0.15) is 0 Å². The van der Waals surface area contributed by atoms with Gasteiger partial charge in [-0.15, -0.1) is 0 Å². The lowest BCUT2D eigenvalue weighted by Crippen LogP contribution is -2.41. The molecule has 1 aliphatic heterocycles. The molecule has 18 heavy (non-hydrogen) atoms. The van der Waals surface area contributed by atoms with Crippen molar-refractivity contribution in [3.63, 3.8) is 0 Å². The molecular formula is C13H22ClN3O. The fraction of sp³-hybridized carbons (Fsp3) is 0.769. The van der Waals surface area contributed by atoms with E-state index in [4.69, 9.17) is 11.6 Å². The molecule has 2 heterocycles. The number of hydrogen-bond acceptors (Lipinski definition) is 3. The monoisotopic (exact) mass is 271 g/mol. The number of piperidine rings is 1. The predicted octanol–water partition coefficient (Wildman–Crippen LogP) is 1.63. The van der Waals surface area contributed by atoms with E-state index in [0.29, 0.717) is 0 Å². The Bertz CT molecular complexity index is 405. The van der Waals surface area contributed by atoms with Crippen molar-refractivity contribution in [1.29, 1.82) is 0 Å². The van der Waals surface area contributed by atoms with Gasteiger partial charge in [0.15, 0.2) is 0 Å². The first kappa shape index (κ1) is 13.8. The molecular weight excluding hydrogens is 250 g/mol. The lowest BCUT2D eigenvalue weighted by molar-refractivity contribution is 0.0781.